The first kappa shape index (κ1) is 21.8. The smallest absolute Gasteiger partial charge is 0.185 e. The fraction of sp³-hybridized carbons (Fsp3) is 0.269. The number of hydrogen-bond donors (Lipinski definition) is 0. The van der Waals surface area contributed by atoms with Crippen molar-refractivity contribution in [2.24, 2.45) is 0 Å². The quantitative estimate of drug-likeness (QED) is 0.303. The highest BCUT2D eigenvalue weighted by molar-refractivity contribution is 8.13. The molecular weight excluding hydrogens is 391 g/mol. The lowest BCUT2D eigenvalue weighted by Gasteiger charge is -2.27. The van der Waals surface area contributed by atoms with Crippen molar-refractivity contribution in [1.82, 2.24) is 0 Å². The summed E-state index contributed by atoms with van der Waals surface area (Å²) in [4.78, 5) is 11.1. The van der Waals surface area contributed by atoms with E-state index in [1.54, 1.807) is 6.92 Å². The van der Waals surface area contributed by atoms with Gasteiger partial charge in [-0.1, -0.05) is 72.8 Å². The number of carbonyl (C=O) groups is 1. The Balaban J connectivity index is 1.86. The lowest BCUT2D eigenvalue weighted by atomic mass is 10.2. The number of thioether (sulfide) groups is 1. The van der Waals surface area contributed by atoms with Crippen LogP contribution in [-0.4, -0.2) is 17.0 Å². The second-order valence-electron chi connectivity index (χ2n) is 7.29. The molecule has 3 rings (SSSR count). The fourth-order valence-electron chi connectivity index (χ4n) is 3.90. The summed E-state index contributed by atoms with van der Waals surface area (Å²) in [5.41, 5.74) is 0. The molecule has 0 spiro atoms. The monoisotopic (exact) mass is 421 g/mol. The van der Waals surface area contributed by atoms with E-state index in [4.69, 9.17) is 0 Å². The third kappa shape index (κ3) is 5.81. The second kappa shape index (κ2) is 11.3. The van der Waals surface area contributed by atoms with E-state index in [9.17, 15) is 4.79 Å². The zero-order valence-electron chi connectivity index (χ0n) is 17.2. The van der Waals surface area contributed by atoms with Gasteiger partial charge in [0.05, 0.1) is 6.16 Å². The van der Waals surface area contributed by atoms with Crippen LogP contribution in [0, 0.1) is 0 Å². The Labute approximate surface area is 180 Å². The van der Waals surface area contributed by atoms with E-state index in [-0.39, 0.29) is 5.12 Å². The average Bonchev–Trinajstić information content (AvgIpc) is 2.77. The topological polar surface area (TPSA) is 17.1 Å². The van der Waals surface area contributed by atoms with E-state index in [1.165, 1.54) is 53.1 Å². The first-order valence-corrected chi connectivity index (χ1v) is 13.4. The molecule has 29 heavy (non-hydrogen) atoms. The molecule has 0 bridgehead atoms. The standard InChI is InChI=1S/C26H30OPS/c1-23(27)29-22-14-3-2-13-21-28(24-15-7-4-8-16-24,25-17-9-5-10-18-25)26-19-11-6-12-20-26/h4-12,15-20H,2-3,13-14,21-22H2,1H3/q+1. The maximum Gasteiger partial charge on any atom is 0.185 e. The van der Waals surface area contributed by atoms with Crippen LogP contribution in [0.5, 0.6) is 0 Å². The molecule has 0 aliphatic rings. The normalized spacial score (nSPS) is 11.3. The summed E-state index contributed by atoms with van der Waals surface area (Å²) >= 11 is 1.45. The van der Waals surface area contributed by atoms with E-state index in [1.807, 2.05) is 0 Å². The molecule has 0 saturated heterocycles. The maximum atomic E-state index is 11.1. The van der Waals surface area contributed by atoms with Crippen LogP contribution in [0.25, 0.3) is 0 Å². The number of unbranched alkanes of at least 4 members (excludes halogenated alkanes) is 3. The number of carbonyl (C=O) groups excluding carboxylic acids is 1. The highest BCUT2D eigenvalue weighted by atomic mass is 32.2. The van der Waals surface area contributed by atoms with Gasteiger partial charge in [-0.3, -0.25) is 4.79 Å². The summed E-state index contributed by atoms with van der Waals surface area (Å²) in [7, 11) is -1.68. The van der Waals surface area contributed by atoms with Gasteiger partial charge in [-0.05, 0) is 55.7 Å². The van der Waals surface area contributed by atoms with Crippen LogP contribution in [0.3, 0.4) is 0 Å². The molecule has 0 amide bonds. The summed E-state index contributed by atoms with van der Waals surface area (Å²) in [6.45, 7) is 1.66. The zero-order chi connectivity index (χ0) is 20.4. The highest BCUT2D eigenvalue weighted by Crippen LogP contribution is 2.55. The summed E-state index contributed by atoms with van der Waals surface area (Å²) in [5, 5.41) is 4.62. The molecule has 0 heterocycles. The number of hydrogen-bond acceptors (Lipinski definition) is 2. The van der Waals surface area contributed by atoms with Gasteiger partial charge in [0.25, 0.3) is 0 Å². The third-order valence-electron chi connectivity index (χ3n) is 5.28. The Hall–Kier alpha value is -1.89. The molecule has 0 fully saturated rings. The van der Waals surface area contributed by atoms with Crippen molar-refractivity contribution in [2.75, 3.05) is 11.9 Å². The van der Waals surface area contributed by atoms with Crippen molar-refractivity contribution in [3.63, 3.8) is 0 Å². The average molecular weight is 422 g/mol. The van der Waals surface area contributed by atoms with E-state index in [0.29, 0.717) is 0 Å². The summed E-state index contributed by atoms with van der Waals surface area (Å²) in [6, 6.07) is 33.3. The van der Waals surface area contributed by atoms with Gasteiger partial charge in [-0.2, -0.15) is 0 Å². The van der Waals surface area contributed by atoms with Crippen LogP contribution in [0.4, 0.5) is 0 Å². The molecule has 1 nitrogen and oxygen atoms in total. The van der Waals surface area contributed by atoms with E-state index < -0.39 is 7.26 Å². The molecule has 0 radical (unpaired) electrons. The molecule has 0 N–H and O–H groups in total. The Kier molecular flexibility index (Phi) is 8.52. The highest BCUT2D eigenvalue weighted by Gasteiger charge is 2.44. The lowest BCUT2D eigenvalue weighted by Crippen LogP contribution is -2.33. The Morgan fingerprint density at radius 2 is 1.07 bits per heavy atom. The molecular formula is C26H30OPS+. The van der Waals surface area contributed by atoms with Crippen LogP contribution < -0.4 is 15.9 Å². The predicted molar refractivity (Wildman–Crippen MR) is 132 cm³/mol. The van der Waals surface area contributed by atoms with Gasteiger partial charge in [0, 0.05) is 12.7 Å². The Morgan fingerprint density at radius 3 is 1.48 bits per heavy atom. The maximum absolute atomic E-state index is 11.1. The molecule has 0 atom stereocenters. The van der Waals surface area contributed by atoms with Gasteiger partial charge in [0.1, 0.15) is 23.2 Å². The number of benzene rings is 3. The van der Waals surface area contributed by atoms with Crippen LogP contribution >= 0.6 is 19.0 Å². The molecule has 0 saturated carbocycles. The van der Waals surface area contributed by atoms with Crippen molar-refractivity contribution < 1.29 is 4.79 Å². The molecule has 0 aliphatic carbocycles. The molecule has 0 unspecified atom stereocenters. The molecule has 3 heteroatoms. The summed E-state index contributed by atoms with van der Waals surface area (Å²) in [6.07, 6.45) is 5.92. The van der Waals surface area contributed by atoms with Gasteiger partial charge in [-0.15, -0.1) is 0 Å². The SMILES string of the molecule is CC(=O)SCCCCCC[P+](c1ccccc1)(c1ccccc1)c1ccccc1. The lowest BCUT2D eigenvalue weighted by molar-refractivity contribution is -0.109. The van der Waals surface area contributed by atoms with Gasteiger partial charge in [0.2, 0.25) is 0 Å². The van der Waals surface area contributed by atoms with E-state index >= 15 is 0 Å². The third-order valence-corrected chi connectivity index (χ3v) is 10.7. The fourth-order valence-corrected chi connectivity index (χ4v) is 8.95. The van der Waals surface area contributed by atoms with E-state index in [2.05, 4.69) is 91.0 Å². The van der Waals surface area contributed by atoms with Gasteiger partial charge in [0.15, 0.2) is 5.12 Å². The van der Waals surface area contributed by atoms with Crippen LogP contribution in [-0.2, 0) is 4.79 Å². The zero-order valence-corrected chi connectivity index (χ0v) is 18.9. The minimum absolute atomic E-state index is 0.229. The minimum Gasteiger partial charge on any atom is -0.288 e. The summed E-state index contributed by atoms with van der Waals surface area (Å²) < 4.78 is 0. The van der Waals surface area contributed by atoms with Crippen molar-refractivity contribution in [1.29, 1.82) is 0 Å². The van der Waals surface area contributed by atoms with Crippen LogP contribution in [0.1, 0.15) is 32.6 Å². The van der Waals surface area contributed by atoms with Crippen LogP contribution in [0.2, 0.25) is 0 Å². The minimum atomic E-state index is -1.68. The number of rotatable bonds is 10. The first-order chi connectivity index (χ1) is 14.2. The molecule has 3 aromatic carbocycles. The second-order valence-corrected chi connectivity index (χ2v) is 12.2. The molecule has 0 aliphatic heterocycles. The molecule has 0 aromatic heterocycles. The van der Waals surface area contributed by atoms with Crippen molar-refractivity contribution in [3.8, 4) is 0 Å². The Bertz CT molecular complexity index is 768. The van der Waals surface area contributed by atoms with Gasteiger partial charge in [-0.25, -0.2) is 0 Å². The van der Waals surface area contributed by atoms with E-state index in [0.717, 1.165) is 12.2 Å². The van der Waals surface area contributed by atoms with Gasteiger partial charge < -0.3 is 0 Å². The largest absolute Gasteiger partial charge is 0.288 e. The van der Waals surface area contributed by atoms with Crippen LogP contribution in [0.15, 0.2) is 91.0 Å². The first-order valence-electron chi connectivity index (χ1n) is 10.4. The predicted octanol–water partition coefficient (Wildman–Crippen LogP) is 5.82. The van der Waals surface area contributed by atoms with Crippen molar-refractivity contribution in [2.45, 2.75) is 32.6 Å². The van der Waals surface area contributed by atoms with Gasteiger partial charge >= 0.3 is 0 Å². The van der Waals surface area contributed by atoms with Crippen molar-refractivity contribution in [3.05, 3.63) is 91.0 Å². The molecule has 150 valence electrons. The Morgan fingerprint density at radius 1 is 0.655 bits per heavy atom. The summed E-state index contributed by atoms with van der Waals surface area (Å²) in [5.74, 6) is 0.950. The molecule has 3 aromatic rings. The van der Waals surface area contributed by atoms with Crippen molar-refractivity contribution >= 4 is 40.1 Å².